The lowest BCUT2D eigenvalue weighted by Crippen LogP contribution is -2.23. The molecule has 6 heteroatoms. The summed E-state index contributed by atoms with van der Waals surface area (Å²) >= 11 is 0. The molecule has 1 aromatic rings. The average Bonchev–Trinajstić information content (AvgIpc) is 2.76. The molecule has 3 rings (SSSR count). The summed E-state index contributed by atoms with van der Waals surface area (Å²) in [6.45, 7) is 1.76. The Hall–Kier alpha value is -2.37. The number of anilines is 1. The lowest BCUT2D eigenvalue weighted by molar-refractivity contribution is -0.147. The number of benzene rings is 1. The Morgan fingerprint density at radius 2 is 2.14 bits per heavy atom. The summed E-state index contributed by atoms with van der Waals surface area (Å²) in [5.74, 6) is -1.08. The van der Waals surface area contributed by atoms with E-state index in [1.807, 2.05) is 0 Å². The first-order valence-electron chi connectivity index (χ1n) is 6.87. The SMILES string of the molecule is C[C@H]1C[C@H](OC(=O)c2ccc3c(c2)CCC(=O)N3)C(=O)O1. The minimum atomic E-state index is -0.830. The molecular formula is C15H15NO5. The van der Waals surface area contributed by atoms with Crippen molar-refractivity contribution in [3.05, 3.63) is 29.3 Å². The van der Waals surface area contributed by atoms with Crippen molar-refractivity contribution >= 4 is 23.5 Å². The van der Waals surface area contributed by atoms with Gasteiger partial charge in [-0.05, 0) is 37.1 Å². The van der Waals surface area contributed by atoms with E-state index in [2.05, 4.69) is 5.32 Å². The molecule has 6 nitrogen and oxygen atoms in total. The van der Waals surface area contributed by atoms with Crippen molar-refractivity contribution in [3.8, 4) is 0 Å². The number of ether oxygens (including phenoxy) is 2. The standard InChI is InChI=1S/C15H15NO5/c1-8-6-12(15(19)20-8)21-14(18)10-2-4-11-9(7-10)3-5-13(17)16-11/h2,4,7-8,12H,3,5-6H2,1H3,(H,16,17)/t8-,12-/m0/s1. The van der Waals surface area contributed by atoms with Crippen molar-refractivity contribution in [2.24, 2.45) is 0 Å². The Kier molecular flexibility index (Phi) is 3.37. The molecule has 2 heterocycles. The molecule has 0 unspecified atom stereocenters. The van der Waals surface area contributed by atoms with E-state index in [4.69, 9.17) is 9.47 Å². The molecule has 1 saturated heterocycles. The molecule has 0 saturated carbocycles. The van der Waals surface area contributed by atoms with Gasteiger partial charge in [0.05, 0.1) is 5.56 Å². The molecule has 1 fully saturated rings. The van der Waals surface area contributed by atoms with Gasteiger partial charge in [-0.3, -0.25) is 4.79 Å². The fourth-order valence-corrected chi connectivity index (χ4v) is 2.52. The predicted octanol–water partition coefficient (Wildman–Crippen LogP) is 1.43. The first-order chi connectivity index (χ1) is 10.0. The van der Waals surface area contributed by atoms with Crippen LogP contribution in [0.5, 0.6) is 0 Å². The number of amides is 1. The third kappa shape index (κ3) is 2.74. The van der Waals surface area contributed by atoms with Gasteiger partial charge >= 0.3 is 11.9 Å². The summed E-state index contributed by atoms with van der Waals surface area (Å²) in [5, 5.41) is 2.75. The van der Waals surface area contributed by atoms with Crippen LogP contribution in [0.3, 0.4) is 0 Å². The molecule has 2 atom stereocenters. The Morgan fingerprint density at radius 3 is 2.86 bits per heavy atom. The smallest absolute Gasteiger partial charge is 0.347 e. The van der Waals surface area contributed by atoms with Gasteiger partial charge in [-0.25, -0.2) is 9.59 Å². The first kappa shape index (κ1) is 13.6. The van der Waals surface area contributed by atoms with E-state index < -0.39 is 18.0 Å². The Balaban J connectivity index is 1.73. The van der Waals surface area contributed by atoms with Crippen molar-refractivity contribution in [2.45, 2.75) is 38.4 Å². The van der Waals surface area contributed by atoms with Crippen LogP contribution in [0.25, 0.3) is 0 Å². The van der Waals surface area contributed by atoms with Crippen molar-refractivity contribution in [1.82, 2.24) is 0 Å². The molecule has 2 aliphatic rings. The zero-order valence-corrected chi connectivity index (χ0v) is 11.5. The summed E-state index contributed by atoms with van der Waals surface area (Å²) in [4.78, 5) is 34.8. The van der Waals surface area contributed by atoms with Gasteiger partial charge in [0.25, 0.3) is 0 Å². The van der Waals surface area contributed by atoms with Crippen LogP contribution in [0.15, 0.2) is 18.2 Å². The van der Waals surface area contributed by atoms with Gasteiger partial charge in [-0.2, -0.15) is 0 Å². The summed E-state index contributed by atoms with van der Waals surface area (Å²) in [6, 6.07) is 4.95. The minimum absolute atomic E-state index is 0.0273. The number of hydrogen-bond acceptors (Lipinski definition) is 5. The van der Waals surface area contributed by atoms with Crippen molar-refractivity contribution in [2.75, 3.05) is 5.32 Å². The Morgan fingerprint density at radius 1 is 1.33 bits per heavy atom. The summed E-state index contributed by atoms with van der Waals surface area (Å²) < 4.78 is 10.1. The molecule has 21 heavy (non-hydrogen) atoms. The van der Waals surface area contributed by atoms with Gasteiger partial charge < -0.3 is 14.8 Å². The number of carbonyl (C=O) groups is 3. The summed E-state index contributed by atoms with van der Waals surface area (Å²) in [5.41, 5.74) is 1.99. The predicted molar refractivity (Wildman–Crippen MR) is 72.8 cm³/mol. The van der Waals surface area contributed by atoms with Crippen molar-refractivity contribution < 1.29 is 23.9 Å². The quantitative estimate of drug-likeness (QED) is 0.833. The van der Waals surface area contributed by atoms with E-state index in [0.717, 1.165) is 11.3 Å². The van der Waals surface area contributed by atoms with Crippen LogP contribution in [0, 0.1) is 0 Å². The number of aryl methyl sites for hydroxylation is 1. The number of rotatable bonds is 2. The number of esters is 2. The number of cyclic esters (lactones) is 1. The van der Waals surface area contributed by atoms with Crippen molar-refractivity contribution in [1.29, 1.82) is 0 Å². The number of carbonyl (C=O) groups excluding carboxylic acids is 3. The normalized spacial score (nSPS) is 24.0. The highest BCUT2D eigenvalue weighted by Gasteiger charge is 2.35. The maximum absolute atomic E-state index is 12.1. The zero-order chi connectivity index (χ0) is 15.0. The van der Waals surface area contributed by atoms with E-state index in [1.54, 1.807) is 25.1 Å². The van der Waals surface area contributed by atoms with Crippen LogP contribution in [-0.4, -0.2) is 30.1 Å². The van der Waals surface area contributed by atoms with E-state index in [1.165, 1.54) is 0 Å². The maximum atomic E-state index is 12.1. The zero-order valence-electron chi connectivity index (χ0n) is 11.5. The monoisotopic (exact) mass is 289 g/mol. The van der Waals surface area contributed by atoms with Gasteiger partial charge in [-0.15, -0.1) is 0 Å². The van der Waals surface area contributed by atoms with Gasteiger partial charge in [0.2, 0.25) is 12.0 Å². The molecular weight excluding hydrogens is 274 g/mol. The fraction of sp³-hybridized carbons (Fsp3) is 0.400. The number of fused-ring (bicyclic) bond motifs is 1. The van der Waals surface area contributed by atoms with Gasteiger partial charge in [0.1, 0.15) is 6.10 Å². The molecule has 1 N–H and O–H groups in total. The lowest BCUT2D eigenvalue weighted by atomic mass is 10.0. The maximum Gasteiger partial charge on any atom is 0.347 e. The second-order valence-electron chi connectivity index (χ2n) is 5.30. The molecule has 0 spiro atoms. The third-order valence-electron chi connectivity index (χ3n) is 3.61. The first-order valence-corrected chi connectivity index (χ1v) is 6.87. The molecule has 1 amide bonds. The van der Waals surface area contributed by atoms with Crippen LogP contribution in [-0.2, 0) is 25.5 Å². The van der Waals surface area contributed by atoms with E-state index in [-0.39, 0.29) is 12.0 Å². The van der Waals surface area contributed by atoms with Crippen LogP contribution in [0.1, 0.15) is 35.7 Å². The molecule has 110 valence electrons. The van der Waals surface area contributed by atoms with Gasteiger partial charge in [0.15, 0.2) is 0 Å². The number of nitrogens with one attached hydrogen (secondary N) is 1. The van der Waals surface area contributed by atoms with Crippen LogP contribution >= 0.6 is 0 Å². The van der Waals surface area contributed by atoms with Gasteiger partial charge in [-0.1, -0.05) is 0 Å². The molecule has 1 aromatic carbocycles. The highest BCUT2D eigenvalue weighted by atomic mass is 16.6. The molecule has 0 radical (unpaired) electrons. The van der Waals surface area contributed by atoms with Crippen LogP contribution in [0.4, 0.5) is 5.69 Å². The highest BCUT2D eigenvalue weighted by Crippen LogP contribution is 2.25. The Labute approximate surface area is 121 Å². The minimum Gasteiger partial charge on any atom is -0.460 e. The largest absolute Gasteiger partial charge is 0.460 e. The summed E-state index contributed by atoms with van der Waals surface area (Å²) in [6.07, 6.45) is 0.311. The third-order valence-corrected chi connectivity index (χ3v) is 3.61. The van der Waals surface area contributed by atoms with E-state index in [0.29, 0.717) is 24.8 Å². The lowest BCUT2D eigenvalue weighted by Gasteiger charge is -2.17. The average molecular weight is 289 g/mol. The van der Waals surface area contributed by atoms with E-state index in [9.17, 15) is 14.4 Å². The number of hydrogen-bond donors (Lipinski definition) is 1. The summed E-state index contributed by atoms with van der Waals surface area (Å²) in [7, 11) is 0. The second-order valence-corrected chi connectivity index (χ2v) is 5.30. The van der Waals surface area contributed by atoms with Crippen LogP contribution < -0.4 is 5.32 Å². The second kappa shape index (κ2) is 5.20. The fourth-order valence-electron chi connectivity index (χ4n) is 2.52. The molecule has 0 bridgehead atoms. The van der Waals surface area contributed by atoms with E-state index >= 15 is 0 Å². The topological polar surface area (TPSA) is 81.7 Å². The molecule has 0 aromatic heterocycles. The highest BCUT2D eigenvalue weighted by molar-refractivity contribution is 5.96. The van der Waals surface area contributed by atoms with Gasteiger partial charge in [0, 0.05) is 18.5 Å². The molecule has 2 aliphatic heterocycles. The Bertz CT molecular complexity index is 624. The molecule has 0 aliphatic carbocycles. The van der Waals surface area contributed by atoms with Crippen LogP contribution in [0.2, 0.25) is 0 Å². The van der Waals surface area contributed by atoms with Crippen molar-refractivity contribution in [3.63, 3.8) is 0 Å².